The Hall–Kier alpha value is -0.860. The Bertz CT molecular complexity index is 154. The summed E-state index contributed by atoms with van der Waals surface area (Å²) in [4.78, 5) is 20.7. The number of carbonyl (C=O) groups is 2. The van der Waals surface area contributed by atoms with Crippen molar-refractivity contribution in [2.24, 2.45) is 0 Å². The lowest BCUT2D eigenvalue weighted by molar-refractivity contribution is -0.170. The fraction of sp³-hybridized carbons (Fsp3) is 0.714. The highest BCUT2D eigenvalue weighted by molar-refractivity contribution is 5.77. The topological polar surface area (TPSA) is 43.4 Å². The maximum absolute atomic E-state index is 10.4. The van der Waals surface area contributed by atoms with Crippen LogP contribution in [0.4, 0.5) is 0 Å². The number of esters is 1. The van der Waals surface area contributed by atoms with Crippen molar-refractivity contribution in [2.75, 3.05) is 0 Å². The van der Waals surface area contributed by atoms with E-state index in [9.17, 15) is 9.59 Å². The van der Waals surface area contributed by atoms with Gasteiger partial charge in [0.25, 0.3) is 0 Å². The quantitative estimate of drug-likeness (QED) is 0.544. The van der Waals surface area contributed by atoms with Crippen LogP contribution in [0.1, 0.15) is 26.2 Å². The van der Waals surface area contributed by atoms with Crippen LogP contribution in [0.2, 0.25) is 0 Å². The lowest BCUT2D eigenvalue weighted by Crippen LogP contribution is -2.32. The van der Waals surface area contributed by atoms with Crippen molar-refractivity contribution in [2.45, 2.75) is 32.3 Å². The maximum Gasteiger partial charge on any atom is 0.309 e. The summed E-state index contributed by atoms with van der Waals surface area (Å²) in [6.07, 6.45) is 1.74. The van der Waals surface area contributed by atoms with Gasteiger partial charge in [0.05, 0.1) is 6.42 Å². The highest BCUT2D eigenvalue weighted by atomic mass is 16.6. The Balaban J connectivity index is 2.05. The van der Waals surface area contributed by atoms with Gasteiger partial charge in [0.2, 0.25) is 0 Å². The second kappa shape index (κ2) is 2.82. The molecule has 1 aliphatic heterocycles. The molecule has 0 bridgehead atoms. The largest absolute Gasteiger partial charge is 0.462 e. The van der Waals surface area contributed by atoms with Gasteiger partial charge in [-0.25, -0.2) is 0 Å². The summed E-state index contributed by atoms with van der Waals surface area (Å²) >= 11 is 0. The molecule has 1 fully saturated rings. The van der Waals surface area contributed by atoms with Gasteiger partial charge in [0.1, 0.15) is 11.9 Å². The van der Waals surface area contributed by atoms with Gasteiger partial charge in [-0.2, -0.15) is 0 Å². The molecule has 1 unspecified atom stereocenters. The van der Waals surface area contributed by atoms with Gasteiger partial charge in [-0.05, 0) is 13.3 Å². The summed E-state index contributed by atoms with van der Waals surface area (Å²) in [6, 6.07) is 0. The Labute approximate surface area is 59.4 Å². The van der Waals surface area contributed by atoms with E-state index in [-0.39, 0.29) is 17.9 Å². The molecule has 0 aromatic rings. The van der Waals surface area contributed by atoms with E-state index in [4.69, 9.17) is 4.74 Å². The van der Waals surface area contributed by atoms with E-state index >= 15 is 0 Å². The van der Waals surface area contributed by atoms with Crippen LogP contribution >= 0.6 is 0 Å². The van der Waals surface area contributed by atoms with Gasteiger partial charge in [0, 0.05) is 6.42 Å². The minimum absolute atomic E-state index is 0.0244. The molecule has 3 heteroatoms. The van der Waals surface area contributed by atoms with E-state index in [1.807, 2.05) is 0 Å². The first-order valence-electron chi connectivity index (χ1n) is 3.37. The van der Waals surface area contributed by atoms with Crippen molar-refractivity contribution < 1.29 is 14.3 Å². The monoisotopic (exact) mass is 142 g/mol. The van der Waals surface area contributed by atoms with Crippen molar-refractivity contribution in [1.82, 2.24) is 0 Å². The van der Waals surface area contributed by atoms with Gasteiger partial charge in [-0.15, -0.1) is 0 Å². The highest BCUT2D eigenvalue weighted by Crippen LogP contribution is 2.17. The summed E-state index contributed by atoms with van der Waals surface area (Å²) in [7, 11) is 0. The van der Waals surface area contributed by atoms with E-state index in [1.165, 1.54) is 0 Å². The zero-order chi connectivity index (χ0) is 7.56. The zero-order valence-corrected chi connectivity index (χ0v) is 5.92. The molecule has 1 heterocycles. The summed E-state index contributed by atoms with van der Waals surface area (Å²) in [5.41, 5.74) is 0. The van der Waals surface area contributed by atoms with Crippen LogP contribution in [0.5, 0.6) is 0 Å². The van der Waals surface area contributed by atoms with Crippen LogP contribution in [-0.4, -0.2) is 17.9 Å². The second-order valence-corrected chi connectivity index (χ2v) is 2.56. The fourth-order valence-corrected chi connectivity index (χ4v) is 0.887. The third-order valence-electron chi connectivity index (χ3n) is 1.51. The standard InChI is InChI=1S/C7H10O3/c1-5(8)2-3-6-4-7(9)10-6/h6H,2-4H2,1H3. The van der Waals surface area contributed by atoms with E-state index in [0.717, 1.165) is 0 Å². The number of hydrogen-bond donors (Lipinski definition) is 0. The third kappa shape index (κ3) is 1.83. The van der Waals surface area contributed by atoms with E-state index in [1.54, 1.807) is 6.92 Å². The lowest BCUT2D eigenvalue weighted by Gasteiger charge is -2.24. The molecule has 0 amide bonds. The Kier molecular flexibility index (Phi) is 2.04. The summed E-state index contributed by atoms with van der Waals surface area (Å²) in [6.45, 7) is 1.54. The zero-order valence-electron chi connectivity index (χ0n) is 5.92. The normalized spacial score (nSPS) is 23.3. The Morgan fingerprint density at radius 2 is 2.40 bits per heavy atom. The van der Waals surface area contributed by atoms with E-state index in [2.05, 4.69) is 0 Å². The number of cyclic esters (lactones) is 1. The van der Waals surface area contributed by atoms with E-state index < -0.39 is 0 Å². The van der Waals surface area contributed by atoms with Crippen LogP contribution in [0.25, 0.3) is 0 Å². The number of Topliss-reactive ketones (excluding diaryl/α,β-unsaturated/α-hetero) is 1. The van der Waals surface area contributed by atoms with Gasteiger partial charge in [0.15, 0.2) is 0 Å². The second-order valence-electron chi connectivity index (χ2n) is 2.56. The predicted octanol–water partition coefficient (Wildman–Crippen LogP) is 0.671. The molecule has 1 saturated heterocycles. The van der Waals surface area contributed by atoms with Gasteiger partial charge >= 0.3 is 5.97 Å². The van der Waals surface area contributed by atoms with Crippen LogP contribution in [0.15, 0.2) is 0 Å². The van der Waals surface area contributed by atoms with Gasteiger partial charge in [-0.3, -0.25) is 4.79 Å². The molecule has 10 heavy (non-hydrogen) atoms. The molecule has 3 nitrogen and oxygen atoms in total. The molecule has 0 saturated carbocycles. The minimum Gasteiger partial charge on any atom is -0.462 e. The van der Waals surface area contributed by atoms with Crippen molar-refractivity contribution in [3.05, 3.63) is 0 Å². The minimum atomic E-state index is -0.145. The smallest absolute Gasteiger partial charge is 0.309 e. The third-order valence-corrected chi connectivity index (χ3v) is 1.51. The molecule has 0 spiro atoms. The SMILES string of the molecule is CC(=O)CCC1CC(=O)O1. The maximum atomic E-state index is 10.4. The molecule has 1 rings (SSSR count). The molecule has 0 aromatic heterocycles. The van der Waals surface area contributed by atoms with Crippen molar-refractivity contribution in [1.29, 1.82) is 0 Å². The van der Waals surface area contributed by atoms with Gasteiger partial charge in [-0.1, -0.05) is 0 Å². The number of ether oxygens (including phenoxy) is 1. The lowest BCUT2D eigenvalue weighted by atomic mass is 10.1. The molecule has 0 aromatic carbocycles. The first-order chi connectivity index (χ1) is 4.68. The Morgan fingerprint density at radius 1 is 1.80 bits per heavy atom. The number of rotatable bonds is 3. The molecular weight excluding hydrogens is 132 g/mol. The fourth-order valence-electron chi connectivity index (χ4n) is 0.887. The molecule has 0 radical (unpaired) electrons. The summed E-state index contributed by atoms with van der Waals surface area (Å²) in [5.74, 6) is 0.0106. The van der Waals surface area contributed by atoms with Crippen molar-refractivity contribution in [3.63, 3.8) is 0 Å². The molecule has 1 aliphatic rings. The van der Waals surface area contributed by atoms with Crippen LogP contribution in [0, 0.1) is 0 Å². The van der Waals surface area contributed by atoms with Crippen LogP contribution in [0.3, 0.4) is 0 Å². The van der Waals surface area contributed by atoms with Crippen molar-refractivity contribution in [3.8, 4) is 0 Å². The van der Waals surface area contributed by atoms with Crippen LogP contribution < -0.4 is 0 Å². The molecular formula is C7H10O3. The summed E-state index contributed by atoms with van der Waals surface area (Å²) < 4.78 is 4.70. The number of hydrogen-bond acceptors (Lipinski definition) is 3. The molecule has 56 valence electrons. The highest BCUT2D eigenvalue weighted by Gasteiger charge is 2.27. The Morgan fingerprint density at radius 3 is 2.80 bits per heavy atom. The van der Waals surface area contributed by atoms with Crippen molar-refractivity contribution >= 4 is 11.8 Å². The molecule has 1 atom stereocenters. The first kappa shape index (κ1) is 7.25. The number of carbonyl (C=O) groups excluding carboxylic acids is 2. The summed E-state index contributed by atoms with van der Waals surface area (Å²) in [5, 5.41) is 0. The first-order valence-corrected chi connectivity index (χ1v) is 3.37. The van der Waals surface area contributed by atoms with Crippen LogP contribution in [-0.2, 0) is 14.3 Å². The van der Waals surface area contributed by atoms with Gasteiger partial charge < -0.3 is 9.53 Å². The average molecular weight is 142 g/mol. The average Bonchev–Trinajstić information content (AvgIpc) is 1.77. The number of ketones is 1. The molecule has 0 N–H and O–H groups in total. The molecule has 0 aliphatic carbocycles. The van der Waals surface area contributed by atoms with E-state index in [0.29, 0.717) is 19.3 Å². The predicted molar refractivity (Wildman–Crippen MR) is 34.4 cm³/mol.